The fraction of sp³-hybridized carbons (Fsp3) is 0.200. The molecule has 0 unspecified atom stereocenters. The van der Waals surface area contributed by atoms with E-state index in [-0.39, 0.29) is 5.75 Å². The minimum absolute atomic E-state index is 0.190. The fourth-order valence-electron chi connectivity index (χ4n) is 1.19. The number of methoxy groups -OCH3 is 1. The van der Waals surface area contributed by atoms with E-state index >= 15 is 0 Å². The third-order valence-electron chi connectivity index (χ3n) is 1.87. The van der Waals surface area contributed by atoms with Gasteiger partial charge in [0.1, 0.15) is 12.2 Å². The molecule has 0 aromatic heterocycles. The van der Waals surface area contributed by atoms with Crippen molar-refractivity contribution in [3.05, 3.63) is 29.3 Å². The third kappa shape index (κ3) is 2.33. The number of carboxylic acids is 1. The van der Waals surface area contributed by atoms with E-state index in [0.717, 1.165) is 12.1 Å². The number of carbonyl (C=O) groups excluding carboxylic acids is 1. The molecular weight excluding hydrogens is 222 g/mol. The Morgan fingerprint density at radius 2 is 2.00 bits per heavy atom. The van der Waals surface area contributed by atoms with Crippen molar-refractivity contribution in [3.8, 4) is 5.75 Å². The summed E-state index contributed by atoms with van der Waals surface area (Å²) in [5, 5.41) is 8.39. The Morgan fingerprint density at radius 1 is 1.38 bits per heavy atom. The minimum atomic E-state index is -1.42. The summed E-state index contributed by atoms with van der Waals surface area (Å²) in [5.41, 5.74) is -0.676. The fourth-order valence-corrected chi connectivity index (χ4v) is 1.19. The highest BCUT2D eigenvalue weighted by Crippen LogP contribution is 2.24. The zero-order chi connectivity index (χ0) is 12.3. The molecule has 1 aromatic rings. The molecule has 4 nitrogen and oxygen atoms in total. The highest BCUT2D eigenvalue weighted by Gasteiger charge is 2.22. The van der Waals surface area contributed by atoms with Gasteiger partial charge >= 0.3 is 5.97 Å². The second kappa shape index (κ2) is 4.69. The number of hydrogen-bond donors (Lipinski definition) is 1. The second-order valence-corrected chi connectivity index (χ2v) is 2.93. The molecule has 1 rings (SSSR count). The van der Waals surface area contributed by atoms with Crippen molar-refractivity contribution in [2.75, 3.05) is 7.11 Å². The standard InChI is InChI=1S/C10H8F2O4/c1-16-7-3-2-5(11)10(12)9(7)6(13)4-8(14)15/h2-3H,4H2,1H3,(H,14,15). The lowest BCUT2D eigenvalue weighted by atomic mass is 10.1. The lowest BCUT2D eigenvalue weighted by molar-refractivity contribution is -0.135. The zero-order valence-corrected chi connectivity index (χ0v) is 8.29. The van der Waals surface area contributed by atoms with Crippen LogP contribution in [0.2, 0.25) is 0 Å². The van der Waals surface area contributed by atoms with Gasteiger partial charge in [-0.3, -0.25) is 9.59 Å². The molecule has 1 N–H and O–H groups in total. The van der Waals surface area contributed by atoms with Crippen LogP contribution in [-0.4, -0.2) is 24.0 Å². The molecule has 0 spiro atoms. The van der Waals surface area contributed by atoms with Crippen LogP contribution in [-0.2, 0) is 4.79 Å². The molecule has 0 saturated heterocycles. The SMILES string of the molecule is COc1ccc(F)c(F)c1C(=O)CC(=O)O. The molecule has 0 heterocycles. The van der Waals surface area contributed by atoms with Crippen LogP contribution in [0.25, 0.3) is 0 Å². The van der Waals surface area contributed by atoms with Gasteiger partial charge in [-0.2, -0.15) is 0 Å². The average Bonchev–Trinajstić information content (AvgIpc) is 2.20. The predicted molar refractivity (Wildman–Crippen MR) is 49.5 cm³/mol. The van der Waals surface area contributed by atoms with Gasteiger partial charge in [0, 0.05) is 0 Å². The summed E-state index contributed by atoms with van der Waals surface area (Å²) in [7, 11) is 1.17. The van der Waals surface area contributed by atoms with Gasteiger partial charge in [0.05, 0.1) is 12.7 Å². The number of benzene rings is 1. The molecule has 0 atom stereocenters. The Kier molecular flexibility index (Phi) is 3.55. The van der Waals surface area contributed by atoms with Gasteiger partial charge in [0.15, 0.2) is 17.4 Å². The van der Waals surface area contributed by atoms with Crippen LogP contribution in [0.5, 0.6) is 5.75 Å². The first-order chi connectivity index (χ1) is 7.47. The molecular formula is C10H8F2O4. The molecule has 0 fully saturated rings. The summed E-state index contributed by atoms with van der Waals surface area (Å²) in [6.45, 7) is 0. The molecule has 1 aromatic carbocycles. The Bertz CT molecular complexity index is 443. The summed E-state index contributed by atoms with van der Waals surface area (Å²) in [5.74, 6) is -5.28. The maximum Gasteiger partial charge on any atom is 0.311 e. The van der Waals surface area contributed by atoms with Gasteiger partial charge in [-0.15, -0.1) is 0 Å². The highest BCUT2D eigenvalue weighted by molar-refractivity contribution is 6.07. The van der Waals surface area contributed by atoms with Gasteiger partial charge < -0.3 is 9.84 Å². The maximum atomic E-state index is 13.3. The van der Waals surface area contributed by atoms with E-state index in [1.165, 1.54) is 7.11 Å². The number of Topliss-reactive ketones (excluding diaryl/α,β-unsaturated/α-hetero) is 1. The first kappa shape index (κ1) is 12.1. The number of hydrogen-bond acceptors (Lipinski definition) is 3. The van der Waals surface area contributed by atoms with Gasteiger partial charge in [-0.25, -0.2) is 8.78 Å². The van der Waals surface area contributed by atoms with Crippen molar-refractivity contribution in [1.82, 2.24) is 0 Å². The molecule has 86 valence electrons. The highest BCUT2D eigenvalue weighted by atomic mass is 19.2. The lowest BCUT2D eigenvalue weighted by Gasteiger charge is -2.07. The number of halogens is 2. The third-order valence-corrected chi connectivity index (χ3v) is 1.87. The van der Waals surface area contributed by atoms with Crippen molar-refractivity contribution in [1.29, 1.82) is 0 Å². The van der Waals surface area contributed by atoms with Crippen LogP contribution in [0.3, 0.4) is 0 Å². The van der Waals surface area contributed by atoms with E-state index in [9.17, 15) is 18.4 Å². The quantitative estimate of drug-likeness (QED) is 0.630. The van der Waals surface area contributed by atoms with Crippen molar-refractivity contribution >= 4 is 11.8 Å². The zero-order valence-electron chi connectivity index (χ0n) is 8.29. The molecule has 0 aliphatic rings. The van der Waals surface area contributed by atoms with E-state index in [0.29, 0.717) is 0 Å². The first-order valence-corrected chi connectivity index (χ1v) is 4.24. The molecule has 0 bridgehead atoms. The summed E-state index contributed by atoms with van der Waals surface area (Å²) in [4.78, 5) is 21.6. The van der Waals surface area contributed by atoms with Crippen LogP contribution in [0.4, 0.5) is 8.78 Å². The summed E-state index contributed by atoms with van der Waals surface area (Å²) in [6.07, 6.45) is -0.920. The van der Waals surface area contributed by atoms with E-state index in [4.69, 9.17) is 5.11 Å². The Balaban J connectivity index is 3.24. The van der Waals surface area contributed by atoms with Crippen molar-refractivity contribution < 1.29 is 28.2 Å². The molecule has 0 amide bonds. The van der Waals surface area contributed by atoms with E-state index in [2.05, 4.69) is 4.74 Å². The topological polar surface area (TPSA) is 63.6 Å². The normalized spacial score (nSPS) is 9.94. The number of ketones is 1. The number of carboxylic acid groups (broad SMARTS) is 1. The van der Waals surface area contributed by atoms with Crippen LogP contribution in [0, 0.1) is 11.6 Å². The largest absolute Gasteiger partial charge is 0.496 e. The van der Waals surface area contributed by atoms with Crippen molar-refractivity contribution in [2.45, 2.75) is 6.42 Å². The van der Waals surface area contributed by atoms with Gasteiger partial charge in [0.25, 0.3) is 0 Å². The van der Waals surface area contributed by atoms with Crippen molar-refractivity contribution in [3.63, 3.8) is 0 Å². The molecule has 0 aliphatic heterocycles. The smallest absolute Gasteiger partial charge is 0.311 e. The number of carbonyl (C=O) groups is 2. The van der Waals surface area contributed by atoms with Gasteiger partial charge in [-0.05, 0) is 12.1 Å². The number of aliphatic carboxylic acids is 1. The molecule has 0 saturated carbocycles. The van der Waals surface area contributed by atoms with Crippen LogP contribution < -0.4 is 4.74 Å². The van der Waals surface area contributed by atoms with Crippen LogP contribution in [0.15, 0.2) is 12.1 Å². The lowest BCUT2D eigenvalue weighted by Crippen LogP contribution is -2.11. The van der Waals surface area contributed by atoms with Crippen molar-refractivity contribution in [2.24, 2.45) is 0 Å². The van der Waals surface area contributed by atoms with E-state index in [1.807, 2.05) is 0 Å². The van der Waals surface area contributed by atoms with E-state index < -0.39 is 35.4 Å². The molecule has 0 radical (unpaired) electrons. The maximum absolute atomic E-state index is 13.3. The van der Waals surface area contributed by atoms with Crippen LogP contribution in [0.1, 0.15) is 16.8 Å². The number of rotatable bonds is 4. The number of ether oxygens (including phenoxy) is 1. The molecule has 0 aliphatic carbocycles. The van der Waals surface area contributed by atoms with E-state index in [1.54, 1.807) is 0 Å². The molecule has 16 heavy (non-hydrogen) atoms. The second-order valence-electron chi connectivity index (χ2n) is 2.93. The summed E-state index contributed by atoms with van der Waals surface area (Å²) in [6, 6.07) is 1.86. The Labute approximate surface area is 89.5 Å². The summed E-state index contributed by atoms with van der Waals surface area (Å²) >= 11 is 0. The van der Waals surface area contributed by atoms with Crippen LogP contribution >= 0.6 is 0 Å². The van der Waals surface area contributed by atoms with Gasteiger partial charge in [0.2, 0.25) is 0 Å². The monoisotopic (exact) mass is 230 g/mol. The molecule has 6 heteroatoms. The summed E-state index contributed by atoms with van der Waals surface area (Å²) < 4.78 is 30.8. The van der Waals surface area contributed by atoms with Gasteiger partial charge in [-0.1, -0.05) is 0 Å². The minimum Gasteiger partial charge on any atom is -0.496 e. The Morgan fingerprint density at radius 3 is 2.50 bits per heavy atom. The first-order valence-electron chi connectivity index (χ1n) is 4.24. The predicted octanol–water partition coefficient (Wildman–Crippen LogP) is 1.63. The average molecular weight is 230 g/mol. The Hall–Kier alpha value is -1.98.